The molecule has 3 aromatic rings. The van der Waals surface area contributed by atoms with Gasteiger partial charge in [-0.2, -0.15) is 0 Å². The number of anilines is 1. The first-order valence-electron chi connectivity index (χ1n) is 8.91. The zero-order valence-electron chi connectivity index (χ0n) is 14.8. The van der Waals surface area contributed by atoms with Crippen LogP contribution in [0.15, 0.2) is 42.6 Å². The van der Waals surface area contributed by atoms with E-state index >= 15 is 0 Å². The molecule has 1 fully saturated rings. The second-order valence-electron chi connectivity index (χ2n) is 6.74. The number of carboxylic acid groups (broad SMARTS) is 1. The molecule has 1 aliphatic heterocycles. The normalized spacial score (nSPS) is 15.1. The van der Waals surface area contributed by atoms with E-state index in [4.69, 9.17) is 23.2 Å². The number of hydrogen-bond donors (Lipinski definition) is 1. The maximum absolute atomic E-state index is 13.2. The Hall–Kier alpha value is -2.57. The third-order valence-corrected chi connectivity index (χ3v) is 5.70. The molecule has 1 saturated heterocycles. The van der Waals surface area contributed by atoms with Gasteiger partial charge in [0, 0.05) is 19.3 Å². The lowest BCUT2D eigenvalue weighted by Crippen LogP contribution is -2.36. The van der Waals surface area contributed by atoms with Gasteiger partial charge in [-0.05, 0) is 37.1 Å². The first-order valence-corrected chi connectivity index (χ1v) is 9.66. The minimum Gasteiger partial charge on any atom is -0.481 e. The van der Waals surface area contributed by atoms with Crippen LogP contribution in [-0.2, 0) is 4.79 Å². The Balaban J connectivity index is 1.76. The number of aromatic nitrogens is 2. The van der Waals surface area contributed by atoms with Crippen molar-refractivity contribution in [3.63, 3.8) is 0 Å². The molecule has 0 radical (unpaired) electrons. The molecule has 0 aliphatic carbocycles. The Bertz CT molecular complexity index is 1050. The van der Waals surface area contributed by atoms with E-state index in [-0.39, 0.29) is 33.1 Å². The van der Waals surface area contributed by atoms with Crippen LogP contribution in [0.5, 0.6) is 0 Å². The van der Waals surface area contributed by atoms with Crippen LogP contribution < -0.4 is 4.90 Å². The number of fused-ring (bicyclic) bond motifs is 1. The van der Waals surface area contributed by atoms with Gasteiger partial charge in [-0.3, -0.25) is 14.0 Å². The van der Waals surface area contributed by atoms with E-state index in [2.05, 4.69) is 4.98 Å². The number of carboxylic acids is 1. The van der Waals surface area contributed by atoms with Crippen LogP contribution in [0.25, 0.3) is 5.52 Å². The molecule has 0 unspecified atom stereocenters. The highest BCUT2D eigenvalue weighted by molar-refractivity contribution is 6.40. The van der Waals surface area contributed by atoms with Gasteiger partial charge in [0.15, 0.2) is 11.6 Å². The van der Waals surface area contributed by atoms with E-state index in [0.29, 0.717) is 31.7 Å². The lowest BCUT2D eigenvalue weighted by Gasteiger charge is -2.30. The smallest absolute Gasteiger partial charge is 0.306 e. The van der Waals surface area contributed by atoms with Crippen LogP contribution in [-0.4, -0.2) is 39.3 Å². The summed E-state index contributed by atoms with van der Waals surface area (Å²) in [6.07, 6.45) is 2.86. The van der Waals surface area contributed by atoms with Crippen LogP contribution in [0.2, 0.25) is 10.0 Å². The fraction of sp³-hybridized carbons (Fsp3) is 0.250. The number of aliphatic carboxylic acids is 1. The summed E-state index contributed by atoms with van der Waals surface area (Å²) in [5.74, 6) is -0.577. The lowest BCUT2D eigenvalue weighted by atomic mass is 9.97. The van der Waals surface area contributed by atoms with Crippen molar-refractivity contribution in [1.82, 2.24) is 9.38 Å². The summed E-state index contributed by atoms with van der Waals surface area (Å²) in [7, 11) is 0. The molecule has 1 aliphatic rings. The largest absolute Gasteiger partial charge is 0.481 e. The third-order valence-electron chi connectivity index (χ3n) is 5.07. The summed E-state index contributed by atoms with van der Waals surface area (Å²) in [5.41, 5.74) is 1.00. The van der Waals surface area contributed by atoms with Gasteiger partial charge in [0.25, 0.3) is 0 Å². The van der Waals surface area contributed by atoms with Gasteiger partial charge >= 0.3 is 5.97 Å². The number of piperidine rings is 1. The molecule has 4 rings (SSSR count). The Morgan fingerprint density at radius 3 is 2.36 bits per heavy atom. The van der Waals surface area contributed by atoms with Crippen molar-refractivity contribution in [2.45, 2.75) is 12.8 Å². The van der Waals surface area contributed by atoms with Gasteiger partial charge < -0.3 is 10.0 Å². The van der Waals surface area contributed by atoms with Crippen molar-refractivity contribution in [3.8, 4) is 0 Å². The van der Waals surface area contributed by atoms with Gasteiger partial charge in [0.1, 0.15) is 0 Å². The minimum absolute atomic E-state index is 0.220. The summed E-state index contributed by atoms with van der Waals surface area (Å²) in [6.45, 7) is 1.14. The molecular formula is C20H17Cl2N3O3. The highest BCUT2D eigenvalue weighted by Gasteiger charge is 2.29. The van der Waals surface area contributed by atoms with Crippen LogP contribution >= 0.6 is 23.2 Å². The predicted molar refractivity (Wildman–Crippen MR) is 108 cm³/mol. The van der Waals surface area contributed by atoms with E-state index in [1.165, 1.54) is 0 Å². The average molecular weight is 418 g/mol. The molecule has 3 heterocycles. The van der Waals surface area contributed by atoms with Gasteiger partial charge in [-0.25, -0.2) is 4.98 Å². The molecular weight excluding hydrogens is 401 g/mol. The molecule has 2 aromatic heterocycles. The van der Waals surface area contributed by atoms with Gasteiger partial charge in [-0.15, -0.1) is 0 Å². The van der Waals surface area contributed by atoms with Crippen molar-refractivity contribution in [1.29, 1.82) is 0 Å². The van der Waals surface area contributed by atoms with E-state index in [1.807, 2.05) is 23.1 Å². The van der Waals surface area contributed by atoms with Crippen molar-refractivity contribution in [2.75, 3.05) is 18.0 Å². The van der Waals surface area contributed by atoms with E-state index < -0.39 is 5.97 Å². The summed E-state index contributed by atoms with van der Waals surface area (Å²) in [4.78, 5) is 31.1. The Morgan fingerprint density at radius 2 is 1.71 bits per heavy atom. The number of benzene rings is 1. The SMILES string of the molecule is O=C(c1c(Cl)cccc1Cl)c1nc(N2CCC(C(=O)O)CC2)c2ccccn12. The highest BCUT2D eigenvalue weighted by atomic mass is 35.5. The van der Waals surface area contributed by atoms with E-state index in [0.717, 1.165) is 5.52 Å². The van der Waals surface area contributed by atoms with Crippen molar-refractivity contribution < 1.29 is 14.7 Å². The van der Waals surface area contributed by atoms with Gasteiger partial charge in [-0.1, -0.05) is 35.3 Å². The van der Waals surface area contributed by atoms with Gasteiger partial charge in [0.2, 0.25) is 5.78 Å². The van der Waals surface area contributed by atoms with Crippen LogP contribution in [0, 0.1) is 5.92 Å². The molecule has 0 bridgehead atoms. The Labute approximate surface area is 171 Å². The summed E-state index contributed by atoms with van der Waals surface area (Å²) < 4.78 is 1.72. The number of carbonyl (C=O) groups is 2. The number of imidazole rings is 1. The number of halogens is 2. The standard InChI is InChI=1S/C20H17Cl2N3O3/c21-13-4-3-5-14(22)16(13)17(26)19-23-18(15-6-1-2-9-25(15)19)24-10-7-12(8-11-24)20(27)28/h1-6,9,12H,7-8,10-11H2,(H,27,28). The first-order chi connectivity index (χ1) is 13.5. The van der Waals surface area contributed by atoms with Crippen molar-refractivity contribution in [2.24, 2.45) is 5.92 Å². The van der Waals surface area contributed by atoms with Crippen LogP contribution in [0.1, 0.15) is 29.0 Å². The Morgan fingerprint density at radius 1 is 1.04 bits per heavy atom. The second kappa shape index (κ2) is 7.45. The zero-order valence-corrected chi connectivity index (χ0v) is 16.3. The second-order valence-corrected chi connectivity index (χ2v) is 7.55. The average Bonchev–Trinajstić information content (AvgIpc) is 3.07. The maximum Gasteiger partial charge on any atom is 0.306 e. The highest BCUT2D eigenvalue weighted by Crippen LogP contribution is 2.31. The molecule has 28 heavy (non-hydrogen) atoms. The van der Waals surface area contributed by atoms with E-state index in [9.17, 15) is 14.7 Å². The molecule has 0 spiro atoms. The number of pyridine rings is 1. The number of hydrogen-bond acceptors (Lipinski definition) is 4. The fourth-order valence-corrected chi connectivity index (χ4v) is 4.15. The molecule has 0 amide bonds. The Kier molecular flexibility index (Phi) is 5.00. The molecule has 0 saturated carbocycles. The van der Waals surface area contributed by atoms with Crippen molar-refractivity contribution >= 4 is 46.3 Å². The molecule has 8 heteroatoms. The molecule has 0 atom stereocenters. The minimum atomic E-state index is -0.765. The van der Waals surface area contributed by atoms with Crippen LogP contribution in [0.4, 0.5) is 5.82 Å². The maximum atomic E-state index is 13.2. The molecule has 6 nitrogen and oxygen atoms in total. The van der Waals surface area contributed by atoms with E-state index in [1.54, 1.807) is 28.8 Å². The quantitative estimate of drug-likeness (QED) is 0.644. The summed E-state index contributed by atoms with van der Waals surface area (Å²) >= 11 is 12.4. The number of carbonyl (C=O) groups excluding carboxylic acids is 1. The van der Waals surface area contributed by atoms with Crippen molar-refractivity contribution in [3.05, 3.63) is 64.0 Å². The first kappa shape index (κ1) is 18.8. The molecule has 144 valence electrons. The van der Waals surface area contributed by atoms with Crippen LogP contribution in [0.3, 0.4) is 0 Å². The number of nitrogens with zero attached hydrogens (tertiary/aromatic N) is 3. The summed E-state index contributed by atoms with van der Waals surface area (Å²) in [5, 5.41) is 9.76. The fourth-order valence-electron chi connectivity index (χ4n) is 3.58. The molecule has 1 N–H and O–H groups in total. The molecule has 1 aromatic carbocycles. The zero-order chi connectivity index (χ0) is 19.8. The van der Waals surface area contributed by atoms with Gasteiger partial charge in [0.05, 0.1) is 27.0 Å². The predicted octanol–water partition coefficient (Wildman–Crippen LogP) is 4.17. The monoisotopic (exact) mass is 417 g/mol. The number of rotatable bonds is 4. The third kappa shape index (κ3) is 3.23. The number of ketones is 1. The summed E-state index contributed by atoms with van der Waals surface area (Å²) in [6, 6.07) is 10.5. The lowest BCUT2D eigenvalue weighted by molar-refractivity contribution is -0.142. The topological polar surface area (TPSA) is 74.9 Å².